The van der Waals surface area contributed by atoms with Gasteiger partial charge in [-0.25, -0.2) is 0 Å². The first-order valence-corrected chi connectivity index (χ1v) is 8.22. The zero-order chi connectivity index (χ0) is 19.1. The summed E-state index contributed by atoms with van der Waals surface area (Å²) >= 11 is 0. The average molecular weight is 357 g/mol. The van der Waals surface area contributed by atoms with Crippen LogP contribution in [-0.4, -0.2) is 32.6 Å². The first kappa shape index (κ1) is 19.3. The van der Waals surface area contributed by atoms with Crippen LogP contribution in [0.25, 0.3) is 0 Å². The monoisotopic (exact) mass is 357 g/mol. The van der Waals surface area contributed by atoms with Gasteiger partial charge in [0.05, 0.1) is 14.2 Å². The molecule has 0 saturated heterocycles. The zero-order valence-corrected chi connectivity index (χ0v) is 15.4. The molecule has 0 bridgehead atoms. The van der Waals surface area contributed by atoms with Crippen LogP contribution in [0, 0.1) is 6.92 Å². The van der Waals surface area contributed by atoms with Gasteiger partial charge in [-0.15, -0.1) is 0 Å². The Labute approximate surface area is 153 Å². The maximum atomic E-state index is 12.3. The minimum absolute atomic E-state index is 0.225. The zero-order valence-electron chi connectivity index (χ0n) is 15.4. The van der Waals surface area contributed by atoms with Crippen molar-refractivity contribution in [3.8, 4) is 17.2 Å². The van der Waals surface area contributed by atoms with E-state index in [4.69, 9.17) is 14.2 Å². The molecular formula is C20H23NO5. The van der Waals surface area contributed by atoms with E-state index in [0.717, 1.165) is 11.1 Å². The van der Waals surface area contributed by atoms with Crippen LogP contribution < -0.4 is 19.5 Å². The van der Waals surface area contributed by atoms with Crippen LogP contribution in [0.15, 0.2) is 36.4 Å². The molecule has 6 heteroatoms. The van der Waals surface area contributed by atoms with Crippen molar-refractivity contribution in [2.45, 2.75) is 20.3 Å². The van der Waals surface area contributed by atoms with E-state index < -0.39 is 5.97 Å². The molecule has 0 spiro atoms. The van der Waals surface area contributed by atoms with Gasteiger partial charge in [-0.1, -0.05) is 6.07 Å². The van der Waals surface area contributed by atoms with Gasteiger partial charge in [0.2, 0.25) is 0 Å². The lowest BCUT2D eigenvalue weighted by Gasteiger charge is -2.13. The molecule has 0 aliphatic heterocycles. The lowest BCUT2D eigenvalue weighted by Crippen LogP contribution is -2.25. The third kappa shape index (κ3) is 4.99. The Hall–Kier alpha value is -3.02. The Morgan fingerprint density at radius 1 is 1.04 bits per heavy atom. The molecule has 0 fully saturated rings. The SMILES string of the molecule is COc1cc(C)c(CCNC(=O)c2cccc(OC(C)=O)c2)cc1OC. The summed E-state index contributed by atoms with van der Waals surface area (Å²) in [6, 6.07) is 10.3. The number of amides is 1. The Morgan fingerprint density at radius 3 is 2.38 bits per heavy atom. The van der Waals surface area contributed by atoms with Gasteiger partial charge >= 0.3 is 5.97 Å². The molecule has 2 aromatic carbocycles. The number of methoxy groups -OCH3 is 2. The van der Waals surface area contributed by atoms with E-state index in [-0.39, 0.29) is 5.91 Å². The number of aryl methyl sites for hydroxylation is 1. The van der Waals surface area contributed by atoms with Crippen molar-refractivity contribution in [1.29, 1.82) is 0 Å². The molecule has 6 nitrogen and oxygen atoms in total. The van der Waals surface area contributed by atoms with Crippen molar-refractivity contribution >= 4 is 11.9 Å². The number of ether oxygens (including phenoxy) is 3. The molecule has 2 rings (SSSR count). The van der Waals surface area contributed by atoms with E-state index >= 15 is 0 Å². The van der Waals surface area contributed by atoms with Crippen molar-refractivity contribution < 1.29 is 23.8 Å². The van der Waals surface area contributed by atoms with Crippen LogP contribution in [0.3, 0.4) is 0 Å². The van der Waals surface area contributed by atoms with Crippen LogP contribution in [0.5, 0.6) is 17.2 Å². The first-order valence-electron chi connectivity index (χ1n) is 8.22. The predicted molar refractivity (Wildman–Crippen MR) is 98.1 cm³/mol. The standard InChI is InChI=1S/C20H23NO5/c1-13-10-18(24-3)19(25-4)12-15(13)8-9-21-20(23)16-6-5-7-17(11-16)26-14(2)22/h5-7,10-12H,8-9H2,1-4H3,(H,21,23). The number of hydrogen-bond donors (Lipinski definition) is 1. The van der Waals surface area contributed by atoms with Gasteiger partial charge in [0, 0.05) is 19.0 Å². The van der Waals surface area contributed by atoms with Gasteiger partial charge < -0.3 is 19.5 Å². The number of benzene rings is 2. The number of rotatable bonds is 7. The number of carbonyl (C=O) groups is 2. The molecule has 2 aromatic rings. The molecule has 0 heterocycles. The second-order valence-corrected chi connectivity index (χ2v) is 5.76. The van der Waals surface area contributed by atoms with E-state index in [1.54, 1.807) is 38.5 Å². The molecule has 0 unspecified atom stereocenters. The van der Waals surface area contributed by atoms with E-state index in [1.165, 1.54) is 6.92 Å². The van der Waals surface area contributed by atoms with Crippen LogP contribution in [0.2, 0.25) is 0 Å². The number of carbonyl (C=O) groups excluding carboxylic acids is 2. The molecule has 0 saturated carbocycles. The predicted octanol–water partition coefficient (Wildman–Crippen LogP) is 2.91. The van der Waals surface area contributed by atoms with Crippen molar-refractivity contribution in [2.75, 3.05) is 20.8 Å². The smallest absolute Gasteiger partial charge is 0.308 e. The highest BCUT2D eigenvalue weighted by Crippen LogP contribution is 2.30. The van der Waals surface area contributed by atoms with Crippen molar-refractivity contribution in [3.05, 3.63) is 53.1 Å². The maximum absolute atomic E-state index is 12.3. The van der Waals surface area contributed by atoms with Gasteiger partial charge in [-0.3, -0.25) is 9.59 Å². The third-order valence-electron chi connectivity index (χ3n) is 3.88. The highest BCUT2D eigenvalue weighted by molar-refractivity contribution is 5.94. The van der Waals surface area contributed by atoms with Gasteiger partial charge in [-0.2, -0.15) is 0 Å². The molecule has 1 amide bonds. The van der Waals surface area contributed by atoms with E-state index in [0.29, 0.717) is 35.8 Å². The van der Waals surface area contributed by atoms with Gasteiger partial charge in [0.25, 0.3) is 5.91 Å². The van der Waals surface area contributed by atoms with Gasteiger partial charge in [-0.05, 0) is 54.8 Å². The molecule has 0 aliphatic carbocycles. The minimum Gasteiger partial charge on any atom is -0.493 e. The highest BCUT2D eigenvalue weighted by atomic mass is 16.5. The lowest BCUT2D eigenvalue weighted by molar-refractivity contribution is -0.131. The summed E-state index contributed by atoms with van der Waals surface area (Å²) < 4.78 is 15.6. The molecule has 0 aromatic heterocycles. The molecule has 138 valence electrons. The first-order chi connectivity index (χ1) is 12.4. The van der Waals surface area contributed by atoms with Crippen LogP contribution in [0.1, 0.15) is 28.4 Å². The Kier molecular flexibility index (Phi) is 6.60. The van der Waals surface area contributed by atoms with Gasteiger partial charge in [0.15, 0.2) is 11.5 Å². The normalized spacial score (nSPS) is 10.2. The molecule has 0 radical (unpaired) electrons. The van der Waals surface area contributed by atoms with Crippen LogP contribution >= 0.6 is 0 Å². The maximum Gasteiger partial charge on any atom is 0.308 e. The second kappa shape index (κ2) is 8.89. The minimum atomic E-state index is -0.425. The third-order valence-corrected chi connectivity index (χ3v) is 3.88. The highest BCUT2D eigenvalue weighted by Gasteiger charge is 2.10. The molecular weight excluding hydrogens is 334 g/mol. The van der Waals surface area contributed by atoms with E-state index in [2.05, 4.69) is 5.32 Å². The summed E-state index contributed by atoms with van der Waals surface area (Å²) in [5.41, 5.74) is 2.57. The molecule has 0 aliphatic rings. The molecule has 0 atom stereocenters. The number of hydrogen-bond acceptors (Lipinski definition) is 5. The topological polar surface area (TPSA) is 73.9 Å². The Bertz CT molecular complexity index is 801. The Balaban J connectivity index is 1.99. The van der Waals surface area contributed by atoms with Crippen LogP contribution in [0.4, 0.5) is 0 Å². The van der Waals surface area contributed by atoms with E-state index in [1.807, 2.05) is 19.1 Å². The fourth-order valence-electron chi connectivity index (χ4n) is 2.57. The fourth-order valence-corrected chi connectivity index (χ4v) is 2.57. The summed E-state index contributed by atoms with van der Waals surface area (Å²) in [6.07, 6.45) is 0.654. The second-order valence-electron chi connectivity index (χ2n) is 5.76. The molecule has 1 N–H and O–H groups in total. The fraction of sp³-hybridized carbons (Fsp3) is 0.300. The largest absolute Gasteiger partial charge is 0.493 e. The van der Waals surface area contributed by atoms with E-state index in [9.17, 15) is 9.59 Å². The molecule has 26 heavy (non-hydrogen) atoms. The Morgan fingerprint density at radius 2 is 1.73 bits per heavy atom. The van der Waals surface area contributed by atoms with Crippen molar-refractivity contribution in [1.82, 2.24) is 5.32 Å². The quantitative estimate of drug-likeness (QED) is 0.609. The van der Waals surface area contributed by atoms with Crippen molar-refractivity contribution in [2.24, 2.45) is 0 Å². The summed E-state index contributed by atoms with van der Waals surface area (Å²) in [6.45, 7) is 3.77. The average Bonchev–Trinajstić information content (AvgIpc) is 2.62. The summed E-state index contributed by atoms with van der Waals surface area (Å²) in [5.74, 6) is 1.04. The summed E-state index contributed by atoms with van der Waals surface area (Å²) in [5, 5.41) is 2.87. The van der Waals surface area contributed by atoms with Gasteiger partial charge in [0.1, 0.15) is 5.75 Å². The van der Waals surface area contributed by atoms with Crippen LogP contribution in [-0.2, 0) is 11.2 Å². The number of nitrogens with one attached hydrogen (secondary N) is 1. The number of esters is 1. The van der Waals surface area contributed by atoms with Crippen molar-refractivity contribution in [3.63, 3.8) is 0 Å². The summed E-state index contributed by atoms with van der Waals surface area (Å²) in [7, 11) is 3.19. The lowest BCUT2D eigenvalue weighted by atomic mass is 10.0. The summed E-state index contributed by atoms with van der Waals surface area (Å²) in [4.78, 5) is 23.3.